The number of carbonyl (C=O) groups excluding carboxylic acids is 1. The van der Waals surface area contributed by atoms with Gasteiger partial charge < -0.3 is 25.7 Å². The fourth-order valence-electron chi connectivity index (χ4n) is 6.54. The SMILES string of the molecule is COc1ccc2c3c1OC1CC(OC(=O)CC4(CN)CCCCC4)C=C(CC(C)(N)C2)C31. The van der Waals surface area contributed by atoms with Crippen LogP contribution in [0.5, 0.6) is 11.5 Å². The number of carbonyl (C=O) groups is 1. The molecule has 0 aromatic heterocycles. The van der Waals surface area contributed by atoms with E-state index in [9.17, 15) is 4.79 Å². The number of nitrogens with two attached hydrogens (primary N) is 2. The van der Waals surface area contributed by atoms with E-state index in [1.54, 1.807) is 7.11 Å². The maximum absolute atomic E-state index is 13.0. The smallest absolute Gasteiger partial charge is 0.306 e. The fraction of sp³-hybridized carbons (Fsp3) is 0.654. The molecule has 6 nitrogen and oxygen atoms in total. The average molecular weight is 441 g/mol. The highest BCUT2D eigenvalue weighted by atomic mass is 16.6. The molecule has 0 radical (unpaired) electrons. The van der Waals surface area contributed by atoms with Crippen LogP contribution in [0, 0.1) is 5.41 Å². The topological polar surface area (TPSA) is 96.8 Å². The van der Waals surface area contributed by atoms with E-state index in [4.69, 9.17) is 25.7 Å². The Balaban J connectivity index is 1.40. The highest BCUT2D eigenvalue weighted by Crippen LogP contribution is 2.55. The first-order valence-corrected chi connectivity index (χ1v) is 12.1. The van der Waals surface area contributed by atoms with Crippen molar-refractivity contribution in [1.82, 2.24) is 0 Å². The van der Waals surface area contributed by atoms with Crippen LogP contribution in [0.2, 0.25) is 0 Å². The highest BCUT2D eigenvalue weighted by Gasteiger charge is 2.48. The molecule has 4 atom stereocenters. The number of rotatable bonds is 5. The molecule has 0 bridgehead atoms. The van der Waals surface area contributed by atoms with Gasteiger partial charge in [0, 0.05) is 23.4 Å². The van der Waals surface area contributed by atoms with Crippen molar-refractivity contribution in [3.63, 3.8) is 0 Å². The number of hydrogen-bond acceptors (Lipinski definition) is 6. The van der Waals surface area contributed by atoms with Gasteiger partial charge in [-0.25, -0.2) is 0 Å². The summed E-state index contributed by atoms with van der Waals surface area (Å²) in [5, 5.41) is 0. The first-order chi connectivity index (χ1) is 15.3. The quantitative estimate of drug-likeness (QED) is 0.535. The first-order valence-electron chi connectivity index (χ1n) is 12.1. The van der Waals surface area contributed by atoms with Crippen LogP contribution in [-0.4, -0.2) is 37.4 Å². The molecule has 0 spiro atoms. The Morgan fingerprint density at radius 1 is 1.22 bits per heavy atom. The Morgan fingerprint density at radius 2 is 2.00 bits per heavy atom. The van der Waals surface area contributed by atoms with Crippen molar-refractivity contribution in [3.05, 3.63) is 34.9 Å². The lowest BCUT2D eigenvalue weighted by Gasteiger charge is -2.36. The lowest BCUT2D eigenvalue weighted by atomic mass is 9.72. The van der Waals surface area contributed by atoms with Gasteiger partial charge in [-0.1, -0.05) is 30.9 Å². The zero-order valence-corrected chi connectivity index (χ0v) is 19.3. The van der Waals surface area contributed by atoms with Crippen LogP contribution in [0.15, 0.2) is 23.8 Å². The third-order valence-electron chi connectivity index (χ3n) is 8.04. The number of esters is 1. The predicted octanol–water partition coefficient (Wildman–Crippen LogP) is 3.74. The van der Waals surface area contributed by atoms with Gasteiger partial charge in [0.1, 0.15) is 12.2 Å². The number of methoxy groups -OCH3 is 1. The second kappa shape index (κ2) is 8.07. The van der Waals surface area contributed by atoms with Crippen molar-refractivity contribution >= 4 is 5.97 Å². The molecule has 0 saturated heterocycles. The van der Waals surface area contributed by atoms with E-state index >= 15 is 0 Å². The van der Waals surface area contributed by atoms with Gasteiger partial charge in [0.05, 0.1) is 13.5 Å². The lowest BCUT2D eigenvalue weighted by Crippen LogP contribution is -2.40. The van der Waals surface area contributed by atoms with Crippen molar-refractivity contribution in [2.24, 2.45) is 16.9 Å². The second-order valence-corrected chi connectivity index (χ2v) is 10.8. The van der Waals surface area contributed by atoms with E-state index in [0.717, 1.165) is 50.0 Å². The largest absolute Gasteiger partial charge is 0.493 e. The molecule has 1 saturated carbocycles. The van der Waals surface area contributed by atoms with E-state index in [2.05, 4.69) is 19.1 Å². The first kappa shape index (κ1) is 21.8. The molecule has 1 heterocycles. The minimum absolute atomic E-state index is 0.0649. The van der Waals surface area contributed by atoms with Gasteiger partial charge in [-0.2, -0.15) is 0 Å². The fourth-order valence-corrected chi connectivity index (χ4v) is 6.54. The standard InChI is InChI=1S/C26H36N2O4/c1-25(28)12-16-6-7-19(30-2)24-23(16)22-17(13-25)10-18(11-20(22)32-24)31-21(29)14-26(15-27)8-4-3-5-9-26/h6-7,10,18,20,22H,3-5,8-9,11-15,27-28H2,1-2H3. The molecule has 1 aliphatic heterocycles. The van der Waals surface area contributed by atoms with Gasteiger partial charge in [0.2, 0.25) is 0 Å². The number of hydrogen-bond donors (Lipinski definition) is 2. The maximum atomic E-state index is 13.0. The van der Waals surface area contributed by atoms with Crippen molar-refractivity contribution in [3.8, 4) is 11.5 Å². The summed E-state index contributed by atoms with van der Waals surface area (Å²) in [6.07, 6.45) is 9.94. The molecule has 3 aliphatic carbocycles. The Bertz CT molecular complexity index is 932. The van der Waals surface area contributed by atoms with Crippen molar-refractivity contribution in [1.29, 1.82) is 0 Å². The zero-order valence-electron chi connectivity index (χ0n) is 19.3. The number of ether oxygens (including phenoxy) is 3. The van der Waals surface area contributed by atoms with Crippen LogP contribution >= 0.6 is 0 Å². The molecule has 1 aromatic rings. The van der Waals surface area contributed by atoms with Gasteiger partial charge in [-0.15, -0.1) is 0 Å². The second-order valence-electron chi connectivity index (χ2n) is 10.8. The summed E-state index contributed by atoms with van der Waals surface area (Å²) in [7, 11) is 1.67. The van der Waals surface area contributed by atoms with Crippen LogP contribution in [0.1, 0.15) is 75.3 Å². The monoisotopic (exact) mass is 440 g/mol. The molecule has 5 rings (SSSR count). The summed E-state index contributed by atoms with van der Waals surface area (Å²) in [5.41, 5.74) is 16.0. The Labute approximate surface area is 190 Å². The maximum Gasteiger partial charge on any atom is 0.306 e. The molecule has 174 valence electrons. The summed E-state index contributed by atoms with van der Waals surface area (Å²) < 4.78 is 18.1. The Kier molecular flexibility index (Phi) is 5.49. The Morgan fingerprint density at radius 3 is 2.72 bits per heavy atom. The van der Waals surface area contributed by atoms with Gasteiger partial charge in [-0.05, 0) is 62.3 Å². The molecular formula is C26H36N2O4. The van der Waals surface area contributed by atoms with E-state index in [1.165, 1.54) is 23.1 Å². The summed E-state index contributed by atoms with van der Waals surface area (Å²) in [5.74, 6) is 1.61. The summed E-state index contributed by atoms with van der Waals surface area (Å²) in [4.78, 5) is 13.0. The third-order valence-corrected chi connectivity index (χ3v) is 8.04. The van der Waals surface area contributed by atoms with Crippen molar-refractivity contribution in [2.75, 3.05) is 13.7 Å². The Hall–Kier alpha value is -2.05. The minimum Gasteiger partial charge on any atom is -0.493 e. The van der Waals surface area contributed by atoms with Crippen LogP contribution in [0.25, 0.3) is 0 Å². The molecular weight excluding hydrogens is 404 g/mol. The van der Waals surface area contributed by atoms with E-state index < -0.39 is 0 Å². The molecule has 0 amide bonds. The molecule has 1 aromatic carbocycles. The summed E-state index contributed by atoms with van der Waals surface area (Å²) >= 11 is 0. The van der Waals surface area contributed by atoms with Crippen molar-refractivity contribution < 1.29 is 19.0 Å². The average Bonchev–Trinajstić information content (AvgIpc) is 3.08. The van der Waals surface area contributed by atoms with Crippen LogP contribution in [0.4, 0.5) is 0 Å². The molecule has 4 unspecified atom stereocenters. The van der Waals surface area contributed by atoms with Gasteiger partial charge in [0.15, 0.2) is 11.5 Å². The minimum atomic E-state index is -0.360. The predicted molar refractivity (Wildman–Crippen MR) is 123 cm³/mol. The number of benzene rings is 1. The van der Waals surface area contributed by atoms with Crippen molar-refractivity contribution in [2.45, 2.75) is 88.4 Å². The van der Waals surface area contributed by atoms with Gasteiger partial charge >= 0.3 is 5.97 Å². The van der Waals surface area contributed by atoms with E-state index in [-0.39, 0.29) is 35.0 Å². The van der Waals surface area contributed by atoms with Crippen LogP contribution in [-0.2, 0) is 16.0 Å². The molecule has 32 heavy (non-hydrogen) atoms. The zero-order chi connectivity index (χ0) is 22.5. The molecule has 1 fully saturated rings. The molecule has 4 N–H and O–H groups in total. The highest BCUT2D eigenvalue weighted by molar-refractivity contribution is 5.71. The van der Waals surface area contributed by atoms with Crippen LogP contribution in [0.3, 0.4) is 0 Å². The third kappa shape index (κ3) is 3.81. The van der Waals surface area contributed by atoms with E-state index in [0.29, 0.717) is 19.4 Å². The van der Waals surface area contributed by atoms with Gasteiger partial charge in [0.25, 0.3) is 0 Å². The normalized spacial score (nSPS) is 32.2. The summed E-state index contributed by atoms with van der Waals surface area (Å²) in [6, 6.07) is 4.10. The van der Waals surface area contributed by atoms with Gasteiger partial charge in [-0.3, -0.25) is 4.79 Å². The molecule has 6 heteroatoms. The molecule has 4 aliphatic rings. The lowest BCUT2D eigenvalue weighted by molar-refractivity contribution is -0.151. The van der Waals surface area contributed by atoms with Crippen LogP contribution < -0.4 is 20.9 Å². The summed E-state index contributed by atoms with van der Waals surface area (Å²) in [6.45, 7) is 2.65. The van der Waals surface area contributed by atoms with E-state index in [1.807, 2.05) is 6.07 Å².